The Morgan fingerprint density at radius 2 is 1.89 bits per heavy atom. The Kier molecular flexibility index (Phi) is 3.65. The van der Waals surface area contributed by atoms with Crippen LogP contribution in [0.5, 0.6) is 0 Å². The van der Waals surface area contributed by atoms with Gasteiger partial charge in [0.2, 0.25) is 11.6 Å². The number of anilines is 1. The summed E-state index contributed by atoms with van der Waals surface area (Å²) < 4.78 is 26.0. The van der Waals surface area contributed by atoms with Gasteiger partial charge in [-0.15, -0.1) is 0 Å². The normalized spacial score (nSPS) is 10.2. The van der Waals surface area contributed by atoms with Crippen molar-refractivity contribution < 1.29 is 13.7 Å². The monoisotopic (exact) mass is 265 g/mol. The van der Waals surface area contributed by atoms with Crippen LogP contribution in [0.2, 0.25) is 0 Å². The Bertz CT molecular complexity index is 602. The highest BCUT2D eigenvalue weighted by Gasteiger charge is 2.20. The first kappa shape index (κ1) is 12.9. The van der Waals surface area contributed by atoms with E-state index in [0.29, 0.717) is 5.56 Å². The molecule has 1 aromatic heterocycles. The molecule has 0 saturated heterocycles. The largest absolute Gasteiger partial charge is 0.360 e. The molecule has 0 aliphatic carbocycles. The van der Waals surface area contributed by atoms with Gasteiger partial charge in [-0.2, -0.15) is 4.39 Å². The molecule has 0 unspecified atom stereocenters. The first-order valence-corrected chi connectivity index (χ1v) is 5.35. The molecule has 2 aromatic rings. The van der Waals surface area contributed by atoms with Gasteiger partial charge in [0.05, 0.1) is 4.92 Å². The van der Waals surface area contributed by atoms with Crippen LogP contribution in [0.25, 0.3) is 0 Å². The summed E-state index contributed by atoms with van der Waals surface area (Å²) in [6.07, 6.45) is 1.13. The molecular weight excluding hydrogens is 256 g/mol. The van der Waals surface area contributed by atoms with Gasteiger partial charge in [0.25, 0.3) is 0 Å². The second-order valence-electron chi connectivity index (χ2n) is 3.73. The maximum absolute atomic E-state index is 13.3. The van der Waals surface area contributed by atoms with E-state index < -0.39 is 16.4 Å². The molecular formula is C12H9F2N3O2. The Balaban J connectivity index is 2.18. The van der Waals surface area contributed by atoms with Crippen molar-refractivity contribution in [2.45, 2.75) is 6.54 Å². The lowest BCUT2D eigenvalue weighted by atomic mass is 10.2. The van der Waals surface area contributed by atoms with Crippen LogP contribution in [0.15, 0.2) is 36.5 Å². The zero-order chi connectivity index (χ0) is 13.8. The van der Waals surface area contributed by atoms with Gasteiger partial charge in [0.15, 0.2) is 0 Å². The summed E-state index contributed by atoms with van der Waals surface area (Å²) in [7, 11) is 0. The van der Waals surface area contributed by atoms with Crippen molar-refractivity contribution in [2.24, 2.45) is 0 Å². The lowest BCUT2D eigenvalue weighted by Gasteiger charge is -2.06. The molecule has 0 saturated carbocycles. The number of nitrogens with zero attached hydrogens (tertiary/aromatic N) is 2. The van der Waals surface area contributed by atoms with Crippen molar-refractivity contribution in [3.8, 4) is 0 Å². The van der Waals surface area contributed by atoms with Crippen molar-refractivity contribution in [1.82, 2.24) is 4.98 Å². The van der Waals surface area contributed by atoms with Gasteiger partial charge in [-0.05, 0) is 23.8 Å². The Hall–Kier alpha value is -2.57. The van der Waals surface area contributed by atoms with Gasteiger partial charge in [0, 0.05) is 12.7 Å². The third kappa shape index (κ3) is 3.01. The van der Waals surface area contributed by atoms with Gasteiger partial charge in [-0.3, -0.25) is 10.1 Å². The number of nitro groups is 1. The molecule has 98 valence electrons. The molecule has 0 radical (unpaired) electrons. The molecule has 1 heterocycles. The topological polar surface area (TPSA) is 68.1 Å². The third-order valence-electron chi connectivity index (χ3n) is 2.43. The fraction of sp³-hybridized carbons (Fsp3) is 0.0833. The zero-order valence-corrected chi connectivity index (χ0v) is 9.64. The highest BCUT2D eigenvalue weighted by molar-refractivity contribution is 5.56. The summed E-state index contributed by atoms with van der Waals surface area (Å²) in [6.45, 7) is 0.178. The Labute approximate surface area is 107 Å². The minimum absolute atomic E-state index is 0.158. The van der Waals surface area contributed by atoms with Crippen LogP contribution < -0.4 is 5.32 Å². The first-order valence-electron chi connectivity index (χ1n) is 5.35. The van der Waals surface area contributed by atoms with E-state index >= 15 is 0 Å². The van der Waals surface area contributed by atoms with Crippen LogP contribution >= 0.6 is 0 Å². The number of halogens is 2. The Morgan fingerprint density at radius 3 is 2.53 bits per heavy atom. The molecule has 7 heteroatoms. The van der Waals surface area contributed by atoms with Gasteiger partial charge in [0.1, 0.15) is 5.82 Å². The fourth-order valence-corrected chi connectivity index (χ4v) is 1.52. The summed E-state index contributed by atoms with van der Waals surface area (Å²) in [4.78, 5) is 13.6. The first-order chi connectivity index (χ1) is 9.08. The predicted molar refractivity (Wildman–Crippen MR) is 64.6 cm³/mol. The second kappa shape index (κ2) is 5.38. The predicted octanol–water partition coefficient (Wildman–Crippen LogP) is 2.88. The molecule has 0 fully saturated rings. The summed E-state index contributed by atoms with van der Waals surface area (Å²) >= 11 is 0. The van der Waals surface area contributed by atoms with Crippen molar-refractivity contribution in [3.05, 3.63) is 63.8 Å². The second-order valence-corrected chi connectivity index (χ2v) is 3.73. The number of benzene rings is 1. The van der Waals surface area contributed by atoms with Crippen LogP contribution in [-0.4, -0.2) is 9.91 Å². The molecule has 19 heavy (non-hydrogen) atoms. The van der Waals surface area contributed by atoms with Gasteiger partial charge >= 0.3 is 5.69 Å². The van der Waals surface area contributed by atoms with E-state index in [1.54, 1.807) is 0 Å². The Morgan fingerprint density at radius 1 is 1.21 bits per heavy atom. The summed E-state index contributed by atoms with van der Waals surface area (Å²) in [5.74, 6) is -1.49. The molecule has 2 rings (SSSR count). The molecule has 1 aromatic carbocycles. The van der Waals surface area contributed by atoms with E-state index in [-0.39, 0.29) is 18.2 Å². The molecule has 0 atom stereocenters. The molecule has 0 bridgehead atoms. The number of pyridine rings is 1. The fourth-order valence-electron chi connectivity index (χ4n) is 1.52. The smallest absolute Gasteiger partial charge is 0.346 e. The standard InChI is InChI=1S/C12H9F2N3O2/c13-9-3-1-8(2-4-9)7-16-12-11(17(18)19)10(14)5-6-15-12/h1-6H,7H2,(H,15,16). The van der Waals surface area contributed by atoms with Crippen molar-refractivity contribution in [3.63, 3.8) is 0 Å². The molecule has 0 spiro atoms. The van der Waals surface area contributed by atoms with Crippen LogP contribution in [0.4, 0.5) is 20.3 Å². The van der Waals surface area contributed by atoms with E-state index in [0.717, 1.165) is 12.3 Å². The SMILES string of the molecule is O=[N+]([O-])c1c(F)ccnc1NCc1ccc(F)cc1. The minimum atomic E-state index is -0.957. The van der Waals surface area contributed by atoms with E-state index in [2.05, 4.69) is 10.3 Å². The summed E-state index contributed by atoms with van der Waals surface area (Å²) in [5, 5.41) is 13.4. The maximum atomic E-state index is 13.3. The van der Waals surface area contributed by atoms with Gasteiger partial charge in [-0.25, -0.2) is 9.37 Å². The third-order valence-corrected chi connectivity index (χ3v) is 2.43. The quantitative estimate of drug-likeness (QED) is 0.681. The van der Waals surface area contributed by atoms with Crippen molar-refractivity contribution in [2.75, 3.05) is 5.32 Å². The number of nitrogens with one attached hydrogen (secondary N) is 1. The van der Waals surface area contributed by atoms with Crippen LogP contribution in [0, 0.1) is 21.7 Å². The number of hydrogen-bond donors (Lipinski definition) is 1. The van der Waals surface area contributed by atoms with E-state index in [1.807, 2.05) is 0 Å². The molecule has 5 nitrogen and oxygen atoms in total. The van der Waals surface area contributed by atoms with E-state index in [1.165, 1.54) is 24.3 Å². The summed E-state index contributed by atoms with van der Waals surface area (Å²) in [5.41, 5.74) is -0.00799. The highest BCUT2D eigenvalue weighted by Crippen LogP contribution is 2.25. The average molecular weight is 265 g/mol. The molecule has 0 aliphatic rings. The average Bonchev–Trinajstić information content (AvgIpc) is 2.37. The minimum Gasteiger partial charge on any atom is -0.360 e. The number of aromatic nitrogens is 1. The number of rotatable bonds is 4. The van der Waals surface area contributed by atoms with Crippen LogP contribution in [0.3, 0.4) is 0 Å². The highest BCUT2D eigenvalue weighted by atomic mass is 19.1. The lowest BCUT2D eigenvalue weighted by Crippen LogP contribution is -2.06. The van der Waals surface area contributed by atoms with E-state index in [9.17, 15) is 18.9 Å². The summed E-state index contributed by atoms with van der Waals surface area (Å²) in [6, 6.07) is 6.50. The van der Waals surface area contributed by atoms with E-state index in [4.69, 9.17) is 0 Å². The maximum Gasteiger partial charge on any atom is 0.346 e. The van der Waals surface area contributed by atoms with Gasteiger partial charge < -0.3 is 5.32 Å². The zero-order valence-electron chi connectivity index (χ0n) is 9.64. The lowest BCUT2D eigenvalue weighted by molar-refractivity contribution is -0.386. The van der Waals surface area contributed by atoms with Gasteiger partial charge in [-0.1, -0.05) is 12.1 Å². The molecule has 0 amide bonds. The van der Waals surface area contributed by atoms with Crippen molar-refractivity contribution >= 4 is 11.5 Å². The number of hydrogen-bond acceptors (Lipinski definition) is 4. The van der Waals surface area contributed by atoms with Crippen molar-refractivity contribution in [1.29, 1.82) is 0 Å². The molecule has 1 N–H and O–H groups in total. The van der Waals surface area contributed by atoms with Crippen LogP contribution in [-0.2, 0) is 6.54 Å². The molecule has 0 aliphatic heterocycles. The van der Waals surface area contributed by atoms with Crippen LogP contribution in [0.1, 0.15) is 5.56 Å².